The quantitative estimate of drug-likeness (QED) is 0.910. The highest BCUT2D eigenvalue weighted by atomic mass is 19.1. The summed E-state index contributed by atoms with van der Waals surface area (Å²) >= 11 is 0. The van der Waals surface area contributed by atoms with Crippen molar-refractivity contribution in [1.29, 1.82) is 0 Å². The number of ether oxygens (including phenoxy) is 1. The minimum atomic E-state index is -0.293. The van der Waals surface area contributed by atoms with E-state index in [1.54, 1.807) is 13.2 Å². The number of piperidine rings is 1. The lowest BCUT2D eigenvalue weighted by atomic mass is 9.96. The fraction of sp³-hybridized carbons (Fsp3) is 0.600. The molecule has 0 radical (unpaired) electrons. The van der Waals surface area contributed by atoms with E-state index in [-0.39, 0.29) is 11.9 Å². The second-order valence-electron chi connectivity index (χ2n) is 5.37. The minimum Gasteiger partial charge on any atom is -0.384 e. The number of anilines is 1. The van der Waals surface area contributed by atoms with E-state index >= 15 is 0 Å². The van der Waals surface area contributed by atoms with E-state index in [2.05, 4.69) is 4.90 Å². The number of nitrogens with two attached hydrogens (primary N) is 1. The number of methoxy groups -OCH3 is 1. The van der Waals surface area contributed by atoms with Crippen LogP contribution in [0.4, 0.5) is 10.1 Å². The molecule has 2 N–H and O–H groups in total. The number of halogens is 1. The Balaban J connectivity index is 2.23. The molecule has 4 heteroatoms. The first-order valence-electron chi connectivity index (χ1n) is 6.91. The summed E-state index contributed by atoms with van der Waals surface area (Å²) in [6.07, 6.45) is 2.29. The summed E-state index contributed by atoms with van der Waals surface area (Å²) in [5, 5.41) is 0. The lowest BCUT2D eigenvalue weighted by Gasteiger charge is -2.35. The molecular formula is C15H23FN2O. The zero-order chi connectivity index (χ0) is 13.8. The smallest absolute Gasteiger partial charge is 0.130 e. The van der Waals surface area contributed by atoms with E-state index in [1.165, 1.54) is 12.5 Å². The Morgan fingerprint density at radius 2 is 2.32 bits per heavy atom. The molecule has 0 aromatic heterocycles. The van der Waals surface area contributed by atoms with Gasteiger partial charge in [0.15, 0.2) is 0 Å². The van der Waals surface area contributed by atoms with Crippen LogP contribution in [0.3, 0.4) is 0 Å². The van der Waals surface area contributed by atoms with Crippen molar-refractivity contribution in [2.75, 3.05) is 31.7 Å². The topological polar surface area (TPSA) is 38.5 Å². The predicted octanol–water partition coefficient (Wildman–Crippen LogP) is 2.71. The van der Waals surface area contributed by atoms with Gasteiger partial charge in [-0.05, 0) is 37.8 Å². The van der Waals surface area contributed by atoms with Gasteiger partial charge in [0.1, 0.15) is 5.82 Å². The first-order valence-corrected chi connectivity index (χ1v) is 6.91. The molecule has 1 aromatic carbocycles. The van der Waals surface area contributed by atoms with Crippen molar-refractivity contribution >= 4 is 5.69 Å². The molecule has 1 fully saturated rings. The Labute approximate surface area is 114 Å². The molecule has 1 heterocycles. The Kier molecular flexibility index (Phi) is 4.77. The Bertz CT molecular complexity index is 421. The van der Waals surface area contributed by atoms with Gasteiger partial charge in [0.05, 0.1) is 6.61 Å². The molecule has 1 aliphatic rings. The van der Waals surface area contributed by atoms with Crippen LogP contribution in [-0.2, 0) is 4.74 Å². The largest absolute Gasteiger partial charge is 0.384 e. The van der Waals surface area contributed by atoms with Gasteiger partial charge in [0.2, 0.25) is 0 Å². The third-order valence-electron chi connectivity index (χ3n) is 3.75. The predicted molar refractivity (Wildman–Crippen MR) is 75.8 cm³/mol. The summed E-state index contributed by atoms with van der Waals surface area (Å²) in [5.74, 6) is 0.310. The summed E-state index contributed by atoms with van der Waals surface area (Å²) in [7, 11) is 1.73. The van der Waals surface area contributed by atoms with Crippen LogP contribution in [0.25, 0.3) is 0 Å². The molecule has 0 bridgehead atoms. The van der Waals surface area contributed by atoms with E-state index in [9.17, 15) is 4.39 Å². The molecular weight excluding hydrogens is 243 g/mol. The van der Waals surface area contributed by atoms with Gasteiger partial charge in [-0.25, -0.2) is 4.39 Å². The Morgan fingerprint density at radius 3 is 3.00 bits per heavy atom. The van der Waals surface area contributed by atoms with Crippen molar-refractivity contribution in [3.63, 3.8) is 0 Å². The lowest BCUT2D eigenvalue weighted by molar-refractivity contribution is 0.143. The molecule has 1 aliphatic heterocycles. The average Bonchev–Trinajstić information content (AvgIpc) is 2.38. The average molecular weight is 266 g/mol. The third kappa shape index (κ3) is 3.25. The van der Waals surface area contributed by atoms with Crippen LogP contribution < -0.4 is 10.6 Å². The maximum atomic E-state index is 14.0. The van der Waals surface area contributed by atoms with Gasteiger partial charge in [-0.3, -0.25) is 0 Å². The van der Waals surface area contributed by atoms with E-state index in [1.807, 2.05) is 13.0 Å². The van der Waals surface area contributed by atoms with E-state index in [0.717, 1.165) is 31.8 Å². The fourth-order valence-electron chi connectivity index (χ4n) is 2.91. The van der Waals surface area contributed by atoms with Crippen LogP contribution in [-0.4, -0.2) is 26.8 Å². The Morgan fingerprint density at radius 1 is 1.53 bits per heavy atom. The highest BCUT2D eigenvalue weighted by Crippen LogP contribution is 2.31. The normalized spacial score (nSPS) is 21.5. The Hall–Kier alpha value is -1.13. The number of benzene rings is 1. The molecule has 2 atom stereocenters. The van der Waals surface area contributed by atoms with Crippen LogP contribution >= 0.6 is 0 Å². The van der Waals surface area contributed by atoms with Crippen LogP contribution in [0.2, 0.25) is 0 Å². The van der Waals surface area contributed by atoms with Crippen LogP contribution in [0.1, 0.15) is 31.4 Å². The van der Waals surface area contributed by atoms with Gasteiger partial charge in [-0.15, -0.1) is 0 Å². The highest BCUT2D eigenvalue weighted by Gasteiger charge is 2.23. The molecule has 2 rings (SSSR count). The van der Waals surface area contributed by atoms with Crippen molar-refractivity contribution in [2.45, 2.75) is 25.8 Å². The van der Waals surface area contributed by atoms with Gasteiger partial charge >= 0.3 is 0 Å². The number of hydrogen-bond acceptors (Lipinski definition) is 3. The summed E-state index contributed by atoms with van der Waals surface area (Å²) in [6.45, 7) is 4.47. The van der Waals surface area contributed by atoms with Crippen molar-refractivity contribution in [3.05, 3.63) is 29.6 Å². The second kappa shape index (κ2) is 6.35. The minimum absolute atomic E-state index is 0.207. The molecule has 19 heavy (non-hydrogen) atoms. The van der Waals surface area contributed by atoms with E-state index in [0.29, 0.717) is 11.5 Å². The molecule has 1 aromatic rings. The molecule has 3 nitrogen and oxygen atoms in total. The van der Waals surface area contributed by atoms with Crippen molar-refractivity contribution < 1.29 is 9.13 Å². The van der Waals surface area contributed by atoms with Crippen LogP contribution in [0.15, 0.2) is 18.2 Å². The zero-order valence-electron chi connectivity index (χ0n) is 11.7. The van der Waals surface area contributed by atoms with Gasteiger partial charge in [0.25, 0.3) is 0 Å². The third-order valence-corrected chi connectivity index (χ3v) is 3.75. The summed E-state index contributed by atoms with van der Waals surface area (Å²) in [4.78, 5) is 2.24. The first-order chi connectivity index (χ1) is 9.13. The SMILES string of the molecule is COCC1CCCN(c2cccc(F)c2C(C)N)C1. The summed E-state index contributed by atoms with van der Waals surface area (Å²) in [6, 6.07) is 4.92. The number of rotatable bonds is 4. The fourth-order valence-corrected chi connectivity index (χ4v) is 2.91. The monoisotopic (exact) mass is 266 g/mol. The lowest BCUT2D eigenvalue weighted by Crippen LogP contribution is -2.38. The molecule has 0 saturated carbocycles. The van der Waals surface area contributed by atoms with Gasteiger partial charge < -0.3 is 15.4 Å². The molecule has 0 spiro atoms. The summed E-state index contributed by atoms with van der Waals surface area (Å²) < 4.78 is 19.2. The standard InChI is InChI=1S/C15H23FN2O/c1-11(17)15-13(16)6-3-7-14(15)18-8-4-5-12(9-18)10-19-2/h3,6-7,11-12H,4-5,8-10,17H2,1-2H3. The molecule has 106 valence electrons. The molecule has 2 unspecified atom stereocenters. The van der Waals surface area contributed by atoms with Gasteiger partial charge in [-0.2, -0.15) is 0 Å². The number of hydrogen-bond donors (Lipinski definition) is 1. The van der Waals surface area contributed by atoms with E-state index in [4.69, 9.17) is 10.5 Å². The highest BCUT2D eigenvalue weighted by molar-refractivity contribution is 5.55. The first kappa shape index (κ1) is 14.3. The zero-order valence-corrected chi connectivity index (χ0v) is 11.7. The summed E-state index contributed by atoms with van der Waals surface area (Å²) in [5.41, 5.74) is 7.49. The van der Waals surface area contributed by atoms with Crippen LogP contribution in [0.5, 0.6) is 0 Å². The van der Waals surface area contributed by atoms with Crippen molar-refractivity contribution in [2.24, 2.45) is 11.7 Å². The number of nitrogens with zero attached hydrogens (tertiary/aromatic N) is 1. The molecule has 1 saturated heterocycles. The maximum Gasteiger partial charge on any atom is 0.130 e. The van der Waals surface area contributed by atoms with Gasteiger partial charge in [0, 0.05) is 37.5 Å². The van der Waals surface area contributed by atoms with Gasteiger partial charge in [-0.1, -0.05) is 6.07 Å². The van der Waals surface area contributed by atoms with Crippen molar-refractivity contribution in [3.8, 4) is 0 Å². The van der Waals surface area contributed by atoms with E-state index < -0.39 is 0 Å². The second-order valence-corrected chi connectivity index (χ2v) is 5.37. The maximum absolute atomic E-state index is 14.0. The molecule has 0 amide bonds. The van der Waals surface area contributed by atoms with Crippen molar-refractivity contribution in [1.82, 2.24) is 0 Å². The van der Waals surface area contributed by atoms with Crippen LogP contribution in [0, 0.1) is 11.7 Å². The molecule has 0 aliphatic carbocycles.